The van der Waals surface area contributed by atoms with Crippen LogP contribution < -0.4 is 10.6 Å². The fourth-order valence-corrected chi connectivity index (χ4v) is 1.95. The highest BCUT2D eigenvalue weighted by atomic mass is 16.2. The van der Waals surface area contributed by atoms with Crippen LogP contribution in [0.3, 0.4) is 0 Å². The summed E-state index contributed by atoms with van der Waals surface area (Å²) in [6.07, 6.45) is 1.73. The van der Waals surface area contributed by atoms with Gasteiger partial charge in [0, 0.05) is 18.1 Å². The van der Waals surface area contributed by atoms with Gasteiger partial charge in [0.2, 0.25) is 0 Å². The summed E-state index contributed by atoms with van der Waals surface area (Å²) >= 11 is 0. The summed E-state index contributed by atoms with van der Waals surface area (Å²) in [6.45, 7) is 8.87. The Balaban J connectivity index is 2.19. The molecule has 106 valence electrons. The van der Waals surface area contributed by atoms with E-state index in [9.17, 15) is 4.79 Å². The van der Waals surface area contributed by atoms with E-state index in [0.29, 0.717) is 6.54 Å². The zero-order valence-electron chi connectivity index (χ0n) is 12.4. The van der Waals surface area contributed by atoms with Crippen LogP contribution in [0.1, 0.15) is 26.3 Å². The SMILES string of the molecule is Cc1cc(NC(=O)NCC(C)(C)C)c2ncccc2c1. The van der Waals surface area contributed by atoms with Gasteiger partial charge < -0.3 is 10.6 Å². The lowest BCUT2D eigenvalue weighted by Gasteiger charge is -2.19. The molecule has 0 unspecified atom stereocenters. The van der Waals surface area contributed by atoms with Crippen LogP contribution >= 0.6 is 0 Å². The van der Waals surface area contributed by atoms with Crippen LogP contribution in [0.5, 0.6) is 0 Å². The highest BCUT2D eigenvalue weighted by Gasteiger charge is 2.13. The second-order valence-electron chi connectivity index (χ2n) is 6.26. The maximum absolute atomic E-state index is 12.0. The number of fused-ring (bicyclic) bond motifs is 1. The topological polar surface area (TPSA) is 54.0 Å². The standard InChI is InChI=1S/C16H21N3O/c1-11-8-12-6-5-7-17-14(12)13(9-11)19-15(20)18-10-16(2,3)4/h5-9H,10H2,1-4H3,(H2,18,19,20). The van der Waals surface area contributed by atoms with Gasteiger partial charge in [-0.1, -0.05) is 26.8 Å². The van der Waals surface area contributed by atoms with E-state index in [1.807, 2.05) is 25.1 Å². The van der Waals surface area contributed by atoms with Crippen molar-refractivity contribution >= 4 is 22.6 Å². The normalized spacial score (nSPS) is 11.4. The third-order valence-corrected chi connectivity index (χ3v) is 2.88. The van der Waals surface area contributed by atoms with Crippen molar-refractivity contribution in [2.24, 2.45) is 5.41 Å². The van der Waals surface area contributed by atoms with Gasteiger partial charge in [0.25, 0.3) is 0 Å². The number of amides is 2. The van der Waals surface area contributed by atoms with Crippen LogP contribution in [0, 0.1) is 12.3 Å². The van der Waals surface area contributed by atoms with Crippen LogP contribution in [0.4, 0.5) is 10.5 Å². The third kappa shape index (κ3) is 3.70. The van der Waals surface area contributed by atoms with E-state index in [0.717, 1.165) is 22.2 Å². The van der Waals surface area contributed by atoms with Crippen LogP contribution in [0.2, 0.25) is 0 Å². The monoisotopic (exact) mass is 271 g/mol. The lowest BCUT2D eigenvalue weighted by molar-refractivity contribution is 0.247. The Kier molecular flexibility index (Phi) is 3.93. The van der Waals surface area contributed by atoms with Crippen molar-refractivity contribution < 1.29 is 4.79 Å². The van der Waals surface area contributed by atoms with Gasteiger partial charge >= 0.3 is 6.03 Å². The number of aromatic nitrogens is 1. The minimum Gasteiger partial charge on any atom is -0.337 e. The van der Waals surface area contributed by atoms with Crippen LogP contribution in [-0.4, -0.2) is 17.6 Å². The molecule has 0 saturated heterocycles. The molecule has 2 N–H and O–H groups in total. The number of hydrogen-bond donors (Lipinski definition) is 2. The van der Waals surface area contributed by atoms with Gasteiger partial charge in [-0.15, -0.1) is 0 Å². The van der Waals surface area contributed by atoms with Crippen molar-refractivity contribution in [1.29, 1.82) is 0 Å². The van der Waals surface area contributed by atoms with Crippen molar-refractivity contribution in [2.75, 3.05) is 11.9 Å². The molecule has 0 saturated carbocycles. The number of nitrogens with zero attached hydrogens (tertiary/aromatic N) is 1. The van der Waals surface area contributed by atoms with E-state index < -0.39 is 0 Å². The van der Waals surface area contributed by atoms with E-state index >= 15 is 0 Å². The first-order chi connectivity index (χ1) is 9.35. The average Bonchev–Trinajstić information content (AvgIpc) is 2.35. The van der Waals surface area contributed by atoms with Gasteiger partial charge in [0.15, 0.2) is 0 Å². The molecule has 0 fully saturated rings. The number of rotatable bonds is 2. The summed E-state index contributed by atoms with van der Waals surface area (Å²) in [5.41, 5.74) is 2.71. The highest BCUT2D eigenvalue weighted by Crippen LogP contribution is 2.23. The first kappa shape index (κ1) is 14.3. The molecule has 2 aromatic rings. The molecule has 4 heteroatoms. The second-order valence-corrected chi connectivity index (χ2v) is 6.26. The average molecular weight is 271 g/mol. The number of aryl methyl sites for hydroxylation is 1. The van der Waals surface area contributed by atoms with E-state index in [-0.39, 0.29) is 11.4 Å². The van der Waals surface area contributed by atoms with Gasteiger partial charge in [-0.2, -0.15) is 0 Å². The number of pyridine rings is 1. The van der Waals surface area contributed by atoms with Gasteiger partial charge in [-0.25, -0.2) is 4.79 Å². The second kappa shape index (κ2) is 5.49. The number of anilines is 1. The molecule has 1 aromatic carbocycles. The minimum atomic E-state index is -0.197. The Bertz CT molecular complexity index is 629. The molecule has 0 aliphatic rings. The summed E-state index contributed by atoms with van der Waals surface area (Å²) in [6, 6.07) is 7.68. The van der Waals surface area contributed by atoms with Crippen LogP contribution in [0.25, 0.3) is 10.9 Å². The summed E-state index contributed by atoms with van der Waals surface area (Å²) in [5, 5.41) is 6.79. The summed E-state index contributed by atoms with van der Waals surface area (Å²) in [4.78, 5) is 16.3. The van der Waals surface area contributed by atoms with Gasteiger partial charge in [-0.05, 0) is 36.1 Å². The highest BCUT2D eigenvalue weighted by molar-refractivity contribution is 5.99. The maximum atomic E-state index is 12.0. The number of urea groups is 1. The largest absolute Gasteiger partial charge is 0.337 e. The van der Waals surface area contributed by atoms with Gasteiger partial charge in [0.1, 0.15) is 0 Å². The summed E-state index contributed by atoms with van der Waals surface area (Å²) in [7, 11) is 0. The zero-order valence-corrected chi connectivity index (χ0v) is 12.4. The molecular weight excluding hydrogens is 250 g/mol. The van der Waals surface area contributed by atoms with Gasteiger partial charge in [-0.3, -0.25) is 4.98 Å². The fourth-order valence-electron chi connectivity index (χ4n) is 1.95. The molecule has 0 bridgehead atoms. The first-order valence-electron chi connectivity index (χ1n) is 6.75. The van der Waals surface area contributed by atoms with Crippen molar-refractivity contribution in [1.82, 2.24) is 10.3 Å². The molecule has 0 atom stereocenters. The van der Waals surface area contributed by atoms with Crippen molar-refractivity contribution in [3.8, 4) is 0 Å². The van der Waals surface area contributed by atoms with Crippen LogP contribution in [-0.2, 0) is 0 Å². The van der Waals surface area contributed by atoms with E-state index in [4.69, 9.17) is 0 Å². The summed E-state index contributed by atoms with van der Waals surface area (Å²) in [5.74, 6) is 0. The van der Waals surface area contributed by atoms with E-state index in [1.54, 1.807) is 6.20 Å². The fraction of sp³-hybridized carbons (Fsp3) is 0.375. The maximum Gasteiger partial charge on any atom is 0.319 e. The van der Waals surface area contributed by atoms with Crippen molar-refractivity contribution in [3.63, 3.8) is 0 Å². The molecule has 4 nitrogen and oxygen atoms in total. The minimum absolute atomic E-state index is 0.0598. The van der Waals surface area contributed by atoms with Crippen molar-refractivity contribution in [2.45, 2.75) is 27.7 Å². The Labute approximate surface area is 119 Å². The third-order valence-electron chi connectivity index (χ3n) is 2.88. The smallest absolute Gasteiger partial charge is 0.319 e. The molecular formula is C16H21N3O. The molecule has 20 heavy (non-hydrogen) atoms. The molecule has 0 aliphatic heterocycles. The van der Waals surface area contributed by atoms with Gasteiger partial charge in [0.05, 0.1) is 11.2 Å². The number of carbonyl (C=O) groups is 1. The first-order valence-corrected chi connectivity index (χ1v) is 6.75. The predicted octanol–water partition coefficient (Wildman–Crippen LogP) is 3.71. The number of hydrogen-bond acceptors (Lipinski definition) is 2. The summed E-state index contributed by atoms with van der Waals surface area (Å²) < 4.78 is 0. The van der Waals surface area contributed by atoms with E-state index in [1.165, 1.54) is 0 Å². The quantitative estimate of drug-likeness (QED) is 0.874. The number of benzene rings is 1. The molecule has 1 heterocycles. The Morgan fingerprint density at radius 3 is 2.75 bits per heavy atom. The molecule has 0 aliphatic carbocycles. The van der Waals surface area contributed by atoms with E-state index in [2.05, 4.69) is 42.5 Å². The molecule has 0 radical (unpaired) electrons. The Morgan fingerprint density at radius 2 is 2.05 bits per heavy atom. The lowest BCUT2D eigenvalue weighted by Crippen LogP contribution is -2.35. The molecule has 1 aromatic heterocycles. The van der Waals surface area contributed by atoms with Crippen LogP contribution in [0.15, 0.2) is 30.5 Å². The Hall–Kier alpha value is -2.10. The molecule has 2 amide bonds. The predicted molar refractivity (Wildman–Crippen MR) is 83.0 cm³/mol. The Morgan fingerprint density at radius 1 is 1.30 bits per heavy atom. The molecule has 2 rings (SSSR count). The lowest BCUT2D eigenvalue weighted by atomic mass is 9.97. The van der Waals surface area contributed by atoms with Crippen molar-refractivity contribution in [3.05, 3.63) is 36.0 Å². The zero-order chi connectivity index (χ0) is 14.8. The number of nitrogens with one attached hydrogen (secondary N) is 2. The number of carbonyl (C=O) groups excluding carboxylic acids is 1. The molecule has 0 spiro atoms.